The fraction of sp³-hybridized carbons (Fsp3) is 0.333. The molecule has 5 heteroatoms. The molecule has 1 aromatic carbocycles. The summed E-state index contributed by atoms with van der Waals surface area (Å²) in [7, 11) is -0.926. The van der Waals surface area contributed by atoms with Gasteiger partial charge in [-0.3, -0.25) is 4.21 Å². The van der Waals surface area contributed by atoms with Gasteiger partial charge in [0.1, 0.15) is 0 Å². The molecule has 1 rings (SSSR count). The highest BCUT2D eigenvalue weighted by Gasteiger charge is 2.07. The molecule has 0 fully saturated rings. The Morgan fingerprint density at radius 2 is 2.29 bits per heavy atom. The van der Waals surface area contributed by atoms with Crippen LogP contribution in [0.5, 0.6) is 0 Å². The predicted molar refractivity (Wildman–Crippen MR) is 68.2 cm³/mol. The molecule has 0 amide bonds. The molecule has 0 bridgehead atoms. The van der Waals surface area contributed by atoms with Gasteiger partial charge in [0.15, 0.2) is 0 Å². The topological polar surface area (TPSA) is 43.1 Å². The van der Waals surface area contributed by atoms with E-state index in [9.17, 15) is 4.21 Å². The van der Waals surface area contributed by atoms with Crippen molar-refractivity contribution in [2.24, 2.45) is 0 Å². The molecule has 0 radical (unpaired) electrons. The predicted octanol–water partition coefficient (Wildman–Crippen LogP) is 2.50. The van der Waals surface area contributed by atoms with E-state index >= 15 is 0 Å². The molecule has 2 N–H and O–H groups in total. The first kappa shape index (κ1) is 12.1. The van der Waals surface area contributed by atoms with Crippen molar-refractivity contribution in [2.45, 2.75) is 4.90 Å². The lowest BCUT2D eigenvalue weighted by Gasteiger charge is -2.04. The van der Waals surface area contributed by atoms with Gasteiger partial charge in [0.05, 0.1) is 15.7 Å². The fourth-order valence-corrected chi connectivity index (χ4v) is 3.90. The molecule has 0 saturated heterocycles. The van der Waals surface area contributed by atoms with Crippen molar-refractivity contribution >= 4 is 44.2 Å². The second-order valence-corrected chi connectivity index (χ2v) is 6.11. The Labute approximate surface area is 99.2 Å². The SMILES string of the molecule is CSCCS(=O)c1ccc(N)cc1Br. The number of hydrogen-bond acceptors (Lipinski definition) is 3. The second kappa shape index (κ2) is 5.78. The fourth-order valence-electron chi connectivity index (χ4n) is 0.971. The summed E-state index contributed by atoms with van der Waals surface area (Å²) in [4.78, 5) is 0.827. The van der Waals surface area contributed by atoms with Crippen molar-refractivity contribution in [1.82, 2.24) is 0 Å². The summed E-state index contributed by atoms with van der Waals surface area (Å²) in [5.74, 6) is 1.59. The number of rotatable bonds is 4. The van der Waals surface area contributed by atoms with Crippen LogP contribution in [0.15, 0.2) is 27.6 Å². The Morgan fingerprint density at radius 3 is 2.86 bits per heavy atom. The summed E-state index contributed by atoms with van der Waals surface area (Å²) in [5.41, 5.74) is 6.28. The van der Waals surface area contributed by atoms with E-state index in [2.05, 4.69) is 15.9 Å². The van der Waals surface area contributed by atoms with Gasteiger partial charge < -0.3 is 5.73 Å². The molecular formula is C9H12BrNOS2. The molecular weight excluding hydrogens is 282 g/mol. The highest BCUT2D eigenvalue weighted by molar-refractivity contribution is 9.10. The van der Waals surface area contributed by atoms with Gasteiger partial charge >= 0.3 is 0 Å². The highest BCUT2D eigenvalue weighted by atomic mass is 79.9. The van der Waals surface area contributed by atoms with E-state index in [4.69, 9.17) is 5.73 Å². The van der Waals surface area contributed by atoms with Crippen LogP contribution in [0.3, 0.4) is 0 Å². The minimum atomic E-state index is -0.926. The molecule has 2 nitrogen and oxygen atoms in total. The molecule has 0 saturated carbocycles. The van der Waals surface area contributed by atoms with Crippen LogP contribution < -0.4 is 5.73 Å². The quantitative estimate of drug-likeness (QED) is 0.868. The highest BCUT2D eigenvalue weighted by Crippen LogP contribution is 2.23. The van der Waals surface area contributed by atoms with E-state index in [1.54, 1.807) is 23.9 Å². The van der Waals surface area contributed by atoms with Crippen LogP contribution in [-0.4, -0.2) is 22.0 Å². The molecule has 0 spiro atoms. The third-order valence-corrected chi connectivity index (χ3v) is 4.88. The van der Waals surface area contributed by atoms with Crippen LogP contribution in [0.1, 0.15) is 0 Å². The molecule has 0 aliphatic heterocycles. The molecule has 0 aliphatic carbocycles. The Morgan fingerprint density at radius 1 is 1.57 bits per heavy atom. The first-order valence-corrected chi connectivity index (χ1v) is 7.58. The van der Waals surface area contributed by atoms with Crippen molar-refractivity contribution in [3.63, 3.8) is 0 Å². The van der Waals surface area contributed by atoms with Crippen LogP contribution in [0, 0.1) is 0 Å². The maximum absolute atomic E-state index is 11.8. The number of anilines is 1. The lowest BCUT2D eigenvalue weighted by Crippen LogP contribution is -2.01. The standard InChI is InChI=1S/C9H12BrNOS2/c1-13-4-5-14(12)9-3-2-7(11)6-8(9)10/h2-3,6H,4-5,11H2,1H3. The third-order valence-electron chi connectivity index (χ3n) is 1.67. The Balaban J connectivity index is 2.80. The van der Waals surface area contributed by atoms with Gasteiger partial charge in [-0.05, 0) is 40.4 Å². The number of benzene rings is 1. The lowest BCUT2D eigenvalue weighted by molar-refractivity contribution is 0.684. The zero-order valence-electron chi connectivity index (χ0n) is 7.83. The average Bonchev–Trinajstić information content (AvgIpc) is 2.14. The molecule has 1 unspecified atom stereocenters. The largest absolute Gasteiger partial charge is 0.399 e. The summed E-state index contributed by atoms with van der Waals surface area (Å²) in [6.45, 7) is 0. The van der Waals surface area contributed by atoms with E-state index < -0.39 is 10.8 Å². The summed E-state index contributed by atoms with van der Waals surface area (Å²) in [6, 6.07) is 5.37. The summed E-state index contributed by atoms with van der Waals surface area (Å²) < 4.78 is 12.6. The van der Waals surface area contributed by atoms with Crippen LogP contribution in [0.25, 0.3) is 0 Å². The summed E-state index contributed by atoms with van der Waals surface area (Å²) >= 11 is 5.06. The number of nitrogen functional groups attached to an aromatic ring is 1. The van der Waals surface area contributed by atoms with E-state index in [1.807, 2.05) is 12.3 Å². The van der Waals surface area contributed by atoms with E-state index in [0.717, 1.165) is 15.1 Å². The normalized spacial score (nSPS) is 12.7. The van der Waals surface area contributed by atoms with Gasteiger partial charge in [-0.1, -0.05) is 0 Å². The van der Waals surface area contributed by atoms with Crippen LogP contribution in [0.4, 0.5) is 5.69 Å². The maximum atomic E-state index is 11.8. The number of hydrogen-bond donors (Lipinski definition) is 1. The Kier molecular flexibility index (Phi) is 4.98. The smallest absolute Gasteiger partial charge is 0.0549 e. The van der Waals surface area contributed by atoms with E-state index in [-0.39, 0.29) is 0 Å². The van der Waals surface area contributed by atoms with Gasteiger partial charge in [0, 0.05) is 21.7 Å². The monoisotopic (exact) mass is 293 g/mol. The summed E-state index contributed by atoms with van der Waals surface area (Å²) in [5, 5.41) is 0. The number of halogens is 1. The van der Waals surface area contributed by atoms with Crippen molar-refractivity contribution in [3.05, 3.63) is 22.7 Å². The van der Waals surface area contributed by atoms with Crippen molar-refractivity contribution in [1.29, 1.82) is 0 Å². The van der Waals surface area contributed by atoms with Gasteiger partial charge in [-0.15, -0.1) is 0 Å². The lowest BCUT2D eigenvalue weighted by atomic mass is 10.3. The average molecular weight is 294 g/mol. The molecule has 14 heavy (non-hydrogen) atoms. The molecule has 1 atom stereocenters. The molecule has 1 aromatic rings. The first-order chi connectivity index (χ1) is 6.65. The minimum Gasteiger partial charge on any atom is -0.399 e. The molecule has 0 heterocycles. The van der Waals surface area contributed by atoms with Gasteiger partial charge in [-0.25, -0.2) is 0 Å². The first-order valence-electron chi connectivity index (χ1n) is 4.07. The zero-order chi connectivity index (χ0) is 10.6. The maximum Gasteiger partial charge on any atom is 0.0549 e. The molecule has 78 valence electrons. The number of nitrogens with two attached hydrogens (primary N) is 1. The van der Waals surface area contributed by atoms with Crippen LogP contribution in [0.2, 0.25) is 0 Å². The van der Waals surface area contributed by atoms with Crippen LogP contribution in [-0.2, 0) is 10.8 Å². The minimum absolute atomic E-state index is 0.683. The number of thioether (sulfide) groups is 1. The van der Waals surface area contributed by atoms with Crippen molar-refractivity contribution in [2.75, 3.05) is 23.5 Å². The van der Waals surface area contributed by atoms with Crippen molar-refractivity contribution < 1.29 is 4.21 Å². The van der Waals surface area contributed by atoms with Crippen molar-refractivity contribution in [3.8, 4) is 0 Å². The zero-order valence-corrected chi connectivity index (χ0v) is 11.0. The molecule has 0 aromatic heterocycles. The Hall–Kier alpha value is -0.000000000000000111. The van der Waals surface area contributed by atoms with Gasteiger partial charge in [0.2, 0.25) is 0 Å². The van der Waals surface area contributed by atoms with Gasteiger partial charge in [-0.2, -0.15) is 11.8 Å². The summed E-state index contributed by atoms with van der Waals surface area (Å²) in [6.07, 6.45) is 2.01. The van der Waals surface area contributed by atoms with E-state index in [1.165, 1.54) is 0 Å². The second-order valence-electron chi connectivity index (χ2n) is 2.73. The molecule has 0 aliphatic rings. The third kappa shape index (κ3) is 3.29. The van der Waals surface area contributed by atoms with Gasteiger partial charge in [0.25, 0.3) is 0 Å². The van der Waals surface area contributed by atoms with E-state index in [0.29, 0.717) is 11.4 Å². The van der Waals surface area contributed by atoms with Crippen LogP contribution >= 0.6 is 27.7 Å². The Bertz CT molecular complexity index is 344.